The fourth-order valence-electron chi connectivity index (χ4n) is 1.23. The van der Waals surface area contributed by atoms with Gasteiger partial charge >= 0.3 is 18.2 Å². The Hall–Kier alpha value is -1.91. The van der Waals surface area contributed by atoms with Crippen LogP contribution in [0.1, 0.15) is 24.3 Å². The van der Waals surface area contributed by atoms with Crippen LogP contribution in [0.3, 0.4) is 0 Å². The quantitative estimate of drug-likeness (QED) is 0.616. The minimum Gasteiger partial charge on any atom is -0.469 e. The SMILES string of the molecule is COC(=O)CCCCNC(=O)Nc1nnc(C(F)(F)F)s1. The van der Waals surface area contributed by atoms with Crippen molar-refractivity contribution in [2.75, 3.05) is 19.0 Å². The van der Waals surface area contributed by atoms with E-state index in [-0.39, 0.29) is 35.4 Å². The number of urea groups is 1. The Morgan fingerprint density at radius 3 is 2.57 bits per heavy atom. The summed E-state index contributed by atoms with van der Waals surface area (Å²) in [5.74, 6) is -0.340. The number of esters is 1. The Morgan fingerprint density at radius 2 is 2.00 bits per heavy atom. The Kier molecular flexibility index (Phi) is 6.34. The van der Waals surface area contributed by atoms with Crippen molar-refractivity contribution in [3.05, 3.63) is 5.01 Å². The third-order valence-corrected chi connectivity index (χ3v) is 3.09. The average Bonchev–Trinajstić information content (AvgIpc) is 2.86. The molecule has 1 heterocycles. The lowest BCUT2D eigenvalue weighted by Gasteiger charge is -2.04. The standard InChI is InChI=1S/C10H13F3N4O3S/c1-20-6(18)4-2-3-5-14-8(19)15-9-17-16-7(21-9)10(11,12)13/h2-5H2,1H3,(H2,14,15,17,19). The van der Waals surface area contributed by atoms with Crippen molar-refractivity contribution in [3.63, 3.8) is 0 Å². The van der Waals surface area contributed by atoms with Gasteiger partial charge in [0.25, 0.3) is 0 Å². The fourth-order valence-corrected chi connectivity index (χ4v) is 1.83. The van der Waals surface area contributed by atoms with Crippen molar-refractivity contribution in [1.82, 2.24) is 15.5 Å². The zero-order valence-corrected chi connectivity index (χ0v) is 11.8. The molecule has 1 aromatic rings. The van der Waals surface area contributed by atoms with E-state index in [0.717, 1.165) is 0 Å². The molecule has 7 nitrogen and oxygen atoms in total. The van der Waals surface area contributed by atoms with Crippen LogP contribution in [0, 0.1) is 0 Å². The first-order valence-corrected chi connectivity index (χ1v) is 6.67. The van der Waals surface area contributed by atoms with Crippen molar-refractivity contribution < 1.29 is 27.5 Å². The summed E-state index contributed by atoms with van der Waals surface area (Å²) >= 11 is 0.238. The molecule has 0 unspecified atom stereocenters. The van der Waals surface area contributed by atoms with E-state index in [1.165, 1.54) is 7.11 Å². The number of hydrogen-bond acceptors (Lipinski definition) is 6. The Morgan fingerprint density at radius 1 is 1.29 bits per heavy atom. The molecule has 0 saturated heterocycles. The third kappa shape index (κ3) is 6.38. The molecular formula is C10H13F3N4O3S. The highest BCUT2D eigenvalue weighted by Crippen LogP contribution is 2.32. The number of ether oxygens (including phenoxy) is 1. The second-order valence-electron chi connectivity index (χ2n) is 3.82. The van der Waals surface area contributed by atoms with Crippen LogP contribution in [0.2, 0.25) is 0 Å². The van der Waals surface area contributed by atoms with E-state index in [4.69, 9.17) is 0 Å². The van der Waals surface area contributed by atoms with E-state index in [0.29, 0.717) is 12.8 Å². The summed E-state index contributed by atoms with van der Waals surface area (Å²) in [4.78, 5) is 22.2. The van der Waals surface area contributed by atoms with Crippen molar-refractivity contribution in [1.29, 1.82) is 0 Å². The molecule has 1 rings (SSSR count). The van der Waals surface area contributed by atoms with Crippen molar-refractivity contribution in [2.24, 2.45) is 0 Å². The lowest BCUT2D eigenvalue weighted by Crippen LogP contribution is -2.29. The number of halogens is 3. The molecule has 0 saturated carbocycles. The number of nitrogens with one attached hydrogen (secondary N) is 2. The Balaban J connectivity index is 2.25. The van der Waals surface area contributed by atoms with Crippen LogP contribution in [0.25, 0.3) is 0 Å². The maximum Gasteiger partial charge on any atom is 0.445 e. The maximum atomic E-state index is 12.3. The molecule has 0 aliphatic carbocycles. The summed E-state index contributed by atoms with van der Waals surface area (Å²) in [6, 6.07) is -0.682. The number of aromatic nitrogens is 2. The van der Waals surface area contributed by atoms with Crippen LogP contribution in [-0.2, 0) is 15.7 Å². The molecule has 0 fully saturated rings. The molecule has 2 amide bonds. The minimum atomic E-state index is -4.58. The van der Waals surface area contributed by atoms with Crippen molar-refractivity contribution >= 4 is 28.5 Å². The lowest BCUT2D eigenvalue weighted by molar-refractivity contribution is -0.140. The van der Waals surface area contributed by atoms with Crippen LogP contribution in [-0.4, -0.2) is 35.9 Å². The first kappa shape index (κ1) is 17.1. The van der Waals surface area contributed by atoms with Crippen LogP contribution in [0.4, 0.5) is 23.1 Å². The zero-order valence-electron chi connectivity index (χ0n) is 11.0. The molecule has 118 valence electrons. The van der Waals surface area contributed by atoms with E-state index < -0.39 is 17.2 Å². The fraction of sp³-hybridized carbons (Fsp3) is 0.600. The molecule has 0 atom stereocenters. The van der Waals surface area contributed by atoms with Gasteiger partial charge in [0.05, 0.1) is 7.11 Å². The molecule has 0 radical (unpaired) electrons. The van der Waals surface area contributed by atoms with Gasteiger partial charge in [-0.3, -0.25) is 10.1 Å². The summed E-state index contributed by atoms with van der Waals surface area (Å²) in [7, 11) is 1.28. The van der Waals surface area contributed by atoms with Gasteiger partial charge in [-0.2, -0.15) is 13.2 Å². The van der Waals surface area contributed by atoms with E-state index >= 15 is 0 Å². The van der Waals surface area contributed by atoms with Gasteiger partial charge in [-0.15, -0.1) is 10.2 Å². The van der Waals surface area contributed by atoms with Gasteiger partial charge in [0.2, 0.25) is 10.1 Å². The first-order valence-electron chi connectivity index (χ1n) is 5.85. The number of unbranched alkanes of at least 4 members (excludes halogenated alkanes) is 1. The van der Waals surface area contributed by atoms with Crippen molar-refractivity contribution in [2.45, 2.75) is 25.4 Å². The topological polar surface area (TPSA) is 93.2 Å². The average molecular weight is 326 g/mol. The first-order chi connectivity index (χ1) is 9.82. The van der Waals surface area contributed by atoms with Crippen molar-refractivity contribution in [3.8, 4) is 0 Å². The summed E-state index contributed by atoms with van der Waals surface area (Å²) < 4.78 is 41.2. The monoisotopic (exact) mass is 326 g/mol. The molecule has 0 aliphatic rings. The molecule has 0 bridgehead atoms. The highest BCUT2D eigenvalue weighted by atomic mass is 32.1. The van der Waals surface area contributed by atoms with Gasteiger partial charge in [-0.25, -0.2) is 4.79 Å². The van der Waals surface area contributed by atoms with Gasteiger partial charge in [0, 0.05) is 13.0 Å². The summed E-state index contributed by atoms with van der Waals surface area (Å²) in [6.45, 7) is 0.272. The number of methoxy groups -OCH3 is 1. The van der Waals surface area contributed by atoms with E-state index in [1.807, 2.05) is 0 Å². The Bertz CT molecular complexity index is 492. The molecule has 0 aromatic carbocycles. The Labute approximate surface area is 121 Å². The molecule has 21 heavy (non-hydrogen) atoms. The number of amides is 2. The number of anilines is 1. The second-order valence-corrected chi connectivity index (χ2v) is 4.80. The second kappa shape index (κ2) is 7.76. The molecule has 2 N–H and O–H groups in total. The highest BCUT2D eigenvalue weighted by molar-refractivity contribution is 7.15. The molecule has 0 spiro atoms. The molecule has 0 aliphatic heterocycles. The number of alkyl halides is 3. The van der Waals surface area contributed by atoms with Crippen LogP contribution in [0.5, 0.6) is 0 Å². The summed E-state index contributed by atoms with van der Waals surface area (Å²) in [6.07, 6.45) is -3.27. The smallest absolute Gasteiger partial charge is 0.445 e. The largest absolute Gasteiger partial charge is 0.469 e. The minimum absolute atomic E-state index is 0.238. The number of rotatable bonds is 6. The number of hydrogen-bond donors (Lipinski definition) is 2. The van der Waals surface area contributed by atoms with E-state index in [1.54, 1.807) is 0 Å². The lowest BCUT2D eigenvalue weighted by atomic mass is 10.2. The van der Waals surface area contributed by atoms with Crippen LogP contribution in [0.15, 0.2) is 0 Å². The number of carbonyl (C=O) groups excluding carboxylic acids is 2. The van der Waals surface area contributed by atoms with Gasteiger partial charge in [0.15, 0.2) is 0 Å². The van der Waals surface area contributed by atoms with Crippen LogP contribution >= 0.6 is 11.3 Å². The molecule has 11 heteroatoms. The van der Waals surface area contributed by atoms with Gasteiger partial charge in [-0.1, -0.05) is 11.3 Å². The van der Waals surface area contributed by atoms with Gasteiger partial charge < -0.3 is 10.1 Å². The number of carbonyl (C=O) groups is 2. The summed E-state index contributed by atoms with van der Waals surface area (Å²) in [5.41, 5.74) is 0. The van der Waals surface area contributed by atoms with E-state index in [9.17, 15) is 22.8 Å². The normalized spacial score (nSPS) is 11.0. The van der Waals surface area contributed by atoms with Gasteiger partial charge in [-0.05, 0) is 12.8 Å². The summed E-state index contributed by atoms with van der Waals surface area (Å²) in [5, 5.41) is 9.35. The third-order valence-electron chi connectivity index (χ3n) is 2.21. The van der Waals surface area contributed by atoms with Crippen LogP contribution < -0.4 is 10.6 Å². The van der Waals surface area contributed by atoms with Gasteiger partial charge in [0.1, 0.15) is 0 Å². The highest BCUT2D eigenvalue weighted by Gasteiger charge is 2.35. The predicted molar refractivity (Wildman–Crippen MR) is 67.8 cm³/mol. The zero-order chi connectivity index (χ0) is 15.9. The molecular weight excluding hydrogens is 313 g/mol. The predicted octanol–water partition coefficient (Wildman–Crippen LogP) is 2.02. The molecule has 1 aromatic heterocycles. The van der Waals surface area contributed by atoms with E-state index in [2.05, 4.69) is 25.6 Å². The maximum absolute atomic E-state index is 12.3. The number of nitrogens with zero attached hydrogens (tertiary/aromatic N) is 2.